The molecule has 6 rings (SSSR count). The molecular weight excluding hydrogens is 464 g/mol. The van der Waals surface area contributed by atoms with Gasteiger partial charge in [0.1, 0.15) is 5.69 Å². The lowest BCUT2D eigenvalue weighted by Gasteiger charge is -2.17. The van der Waals surface area contributed by atoms with Gasteiger partial charge >= 0.3 is 0 Å². The fourth-order valence-electron chi connectivity index (χ4n) is 4.52. The summed E-state index contributed by atoms with van der Waals surface area (Å²) in [6.45, 7) is 6.12. The highest BCUT2D eigenvalue weighted by Crippen LogP contribution is 2.33. The Hall–Kier alpha value is -4.72. The van der Waals surface area contributed by atoms with E-state index in [2.05, 4.69) is 31.5 Å². The van der Waals surface area contributed by atoms with Crippen LogP contribution in [0.25, 0.3) is 55.7 Å². The fourth-order valence-corrected chi connectivity index (χ4v) is 4.52. The van der Waals surface area contributed by atoms with E-state index in [9.17, 15) is 4.79 Å². The van der Waals surface area contributed by atoms with Gasteiger partial charge in [-0.3, -0.25) is 14.9 Å². The third kappa shape index (κ3) is 4.49. The normalized spacial score (nSPS) is 11.9. The predicted octanol–water partition coefficient (Wildman–Crippen LogP) is 6.80. The Morgan fingerprint density at radius 2 is 1.89 bits per heavy atom. The second-order valence-corrected chi connectivity index (χ2v) is 10.4. The molecule has 8 nitrogen and oxygen atoms in total. The molecule has 8 heteroatoms. The van der Waals surface area contributed by atoms with Crippen LogP contribution in [0.3, 0.4) is 0 Å². The van der Waals surface area contributed by atoms with Crippen molar-refractivity contribution in [2.45, 2.75) is 27.2 Å². The maximum atomic E-state index is 12.4. The number of pyridine rings is 1. The topological polar surface area (TPSA) is 112 Å². The van der Waals surface area contributed by atoms with Crippen molar-refractivity contribution in [3.63, 3.8) is 0 Å². The number of nitrogens with zero attached hydrogens (tertiary/aromatic N) is 3. The van der Waals surface area contributed by atoms with Gasteiger partial charge in [-0.15, -0.1) is 0 Å². The van der Waals surface area contributed by atoms with Gasteiger partial charge in [-0.1, -0.05) is 39.0 Å². The second-order valence-electron chi connectivity index (χ2n) is 10.4. The van der Waals surface area contributed by atoms with Crippen molar-refractivity contribution in [3.05, 3.63) is 73.5 Å². The summed E-state index contributed by atoms with van der Waals surface area (Å²) < 4.78 is 5.28. The highest BCUT2D eigenvalue weighted by Gasteiger charge is 2.18. The van der Waals surface area contributed by atoms with Crippen molar-refractivity contribution >= 4 is 33.5 Å². The lowest BCUT2D eigenvalue weighted by atomic mass is 9.92. The highest BCUT2D eigenvalue weighted by atomic mass is 16.3. The number of carbonyl (C=O) groups is 1. The lowest BCUT2D eigenvalue weighted by molar-refractivity contribution is -0.117. The summed E-state index contributed by atoms with van der Waals surface area (Å²) in [5, 5.41) is 11.6. The van der Waals surface area contributed by atoms with Crippen molar-refractivity contribution < 1.29 is 9.21 Å². The first-order valence-corrected chi connectivity index (χ1v) is 12.1. The van der Waals surface area contributed by atoms with Gasteiger partial charge in [-0.25, -0.2) is 4.98 Å². The van der Waals surface area contributed by atoms with Crippen LogP contribution in [0.4, 0.5) is 5.69 Å². The number of nitrogens with one attached hydrogen (secondary N) is 3. The van der Waals surface area contributed by atoms with Crippen LogP contribution >= 0.6 is 0 Å². The number of aromatic nitrogens is 5. The number of hydrogen-bond donors (Lipinski definition) is 3. The summed E-state index contributed by atoms with van der Waals surface area (Å²) >= 11 is 0. The van der Waals surface area contributed by atoms with Gasteiger partial charge in [0, 0.05) is 34.7 Å². The largest absolute Gasteiger partial charge is 0.472 e. The summed E-state index contributed by atoms with van der Waals surface area (Å²) in [6, 6.07) is 16.0. The van der Waals surface area contributed by atoms with Crippen molar-refractivity contribution in [2.75, 3.05) is 5.32 Å². The van der Waals surface area contributed by atoms with E-state index in [1.54, 1.807) is 24.9 Å². The number of carbonyl (C=O) groups excluding carboxylic acids is 1. The van der Waals surface area contributed by atoms with E-state index in [0.29, 0.717) is 17.9 Å². The number of rotatable bonds is 5. The zero-order chi connectivity index (χ0) is 25.6. The molecule has 1 amide bonds. The molecule has 0 atom stereocenters. The molecule has 0 bridgehead atoms. The number of aromatic amines is 2. The molecule has 37 heavy (non-hydrogen) atoms. The Labute approximate surface area is 213 Å². The van der Waals surface area contributed by atoms with Crippen molar-refractivity contribution in [1.29, 1.82) is 0 Å². The minimum absolute atomic E-state index is 0.0290. The number of para-hydroxylation sites is 1. The predicted molar refractivity (Wildman–Crippen MR) is 145 cm³/mol. The zero-order valence-electron chi connectivity index (χ0n) is 20.8. The number of benzene rings is 2. The van der Waals surface area contributed by atoms with Gasteiger partial charge in [0.2, 0.25) is 5.91 Å². The Bertz CT molecular complexity index is 1740. The Morgan fingerprint density at radius 1 is 1.00 bits per heavy atom. The number of imidazole rings is 1. The van der Waals surface area contributed by atoms with E-state index in [1.165, 1.54) is 0 Å². The molecule has 6 aromatic rings. The van der Waals surface area contributed by atoms with Crippen molar-refractivity contribution in [2.24, 2.45) is 5.41 Å². The Morgan fingerprint density at radius 3 is 2.70 bits per heavy atom. The molecule has 4 heterocycles. The number of hydrogen-bond acceptors (Lipinski definition) is 5. The average Bonchev–Trinajstić information content (AvgIpc) is 3.61. The molecule has 0 saturated heterocycles. The van der Waals surface area contributed by atoms with Crippen molar-refractivity contribution in [1.82, 2.24) is 25.1 Å². The van der Waals surface area contributed by atoms with Gasteiger partial charge in [-0.2, -0.15) is 5.10 Å². The fraction of sp³-hybridized carbons (Fsp3) is 0.172. The van der Waals surface area contributed by atoms with Crippen LogP contribution in [-0.2, 0) is 4.79 Å². The smallest absolute Gasteiger partial charge is 0.224 e. The third-order valence-corrected chi connectivity index (χ3v) is 6.18. The molecule has 0 spiro atoms. The van der Waals surface area contributed by atoms with E-state index in [0.717, 1.165) is 49.9 Å². The summed E-state index contributed by atoms with van der Waals surface area (Å²) in [4.78, 5) is 25.1. The molecule has 2 aromatic carbocycles. The highest BCUT2D eigenvalue weighted by molar-refractivity contribution is 5.98. The summed E-state index contributed by atoms with van der Waals surface area (Å²) in [6.07, 6.45) is 7.26. The van der Waals surface area contributed by atoms with Crippen LogP contribution in [0, 0.1) is 5.41 Å². The molecular formula is C29H26N6O2. The van der Waals surface area contributed by atoms with Crippen LogP contribution < -0.4 is 5.32 Å². The van der Waals surface area contributed by atoms with Crippen LogP contribution in [0.1, 0.15) is 27.2 Å². The molecule has 0 aliphatic rings. The first-order chi connectivity index (χ1) is 17.8. The minimum Gasteiger partial charge on any atom is -0.472 e. The molecule has 4 aromatic heterocycles. The van der Waals surface area contributed by atoms with Crippen LogP contribution in [-0.4, -0.2) is 31.1 Å². The SMILES string of the molecule is CC(C)(C)CC(=O)Nc1cncc(-c2ccc3[nH]nc(-c4nc5c(-c6ccoc6)cccc5[nH]4)c3c2)c1. The second kappa shape index (κ2) is 8.74. The Kier molecular flexibility index (Phi) is 5.37. The minimum atomic E-state index is -0.0895. The van der Waals surface area contributed by atoms with Gasteiger partial charge in [-0.05, 0) is 41.3 Å². The first kappa shape index (κ1) is 22.7. The third-order valence-electron chi connectivity index (χ3n) is 6.18. The maximum absolute atomic E-state index is 12.4. The standard InChI is InChI=1S/C29H26N6O2/c1-29(2,3)13-25(36)31-20-11-19(14-30-15-20)17-7-8-23-22(12-17)27(35-34-23)28-32-24-6-4-5-21(26(24)33-28)18-9-10-37-16-18/h4-12,14-16H,13H2,1-3H3,(H,31,36)(H,32,33)(H,34,35). The first-order valence-electron chi connectivity index (χ1n) is 12.1. The van der Waals surface area contributed by atoms with Gasteiger partial charge in [0.25, 0.3) is 0 Å². The van der Waals surface area contributed by atoms with Gasteiger partial charge in [0.05, 0.1) is 41.0 Å². The molecule has 0 fully saturated rings. The summed E-state index contributed by atoms with van der Waals surface area (Å²) in [5.74, 6) is 0.648. The van der Waals surface area contributed by atoms with Gasteiger partial charge in [0.15, 0.2) is 5.82 Å². The molecule has 0 aliphatic heterocycles. The van der Waals surface area contributed by atoms with E-state index >= 15 is 0 Å². The van der Waals surface area contributed by atoms with E-state index in [4.69, 9.17) is 9.40 Å². The molecule has 3 N–H and O–H groups in total. The van der Waals surface area contributed by atoms with E-state index < -0.39 is 0 Å². The monoisotopic (exact) mass is 490 g/mol. The number of H-pyrrole nitrogens is 2. The molecule has 0 radical (unpaired) electrons. The quantitative estimate of drug-likeness (QED) is 0.246. The molecule has 184 valence electrons. The number of furan rings is 1. The molecule has 0 unspecified atom stereocenters. The molecule has 0 saturated carbocycles. The van der Waals surface area contributed by atoms with Crippen LogP contribution in [0.2, 0.25) is 0 Å². The van der Waals surface area contributed by atoms with Gasteiger partial charge < -0.3 is 14.7 Å². The number of anilines is 1. The maximum Gasteiger partial charge on any atom is 0.224 e. The average molecular weight is 491 g/mol. The van der Waals surface area contributed by atoms with Crippen molar-refractivity contribution in [3.8, 4) is 33.8 Å². The van der Waals surface area contributed by atoms with E-state index in [-0.39, 0.29) is 11.3 Å². The van der Waals surface area contributed by atoms with Crippen LogP contribution in [0.5, 0.6) is 0 Å². The molecule has 0 aliphatic carbocycles. The summed E-state index contributed by atoms with van der Waals surface area (Å²) in [5.41, 5.74) is 7.81. The van der Waals surface area contributed by atoms with E-state index in [1.807, 2.05) is 63.2 Å². The number of amides is 1. The zero-order valence-corrected chi connectivity index (χ0v) is 20.8. The summed E-state index contributed by atoms with van der Waals surface area (Å²) in [7, 11) is 0. The van der Waals surface area contributed by atoms with Crippen LogP contribution in [0.15, 0.2) is 77.9 Å². The number of fused-ring (bicyclic) bond motifs is 2. The lowest BCUT2D eigenvalue weighted by Crippen LogP contribution is -2.19. The Balaban J connectivity index is 1.36.